The van der Waals surface area contributed by atoms with E-state index in [0.29, 0.717) is 24.5 Å². The number of hydrogen-bond acceptors (Lipinski definition) is 5. The monoisotopic (exact) mass is 347 g/mol. The Morgan fingerprint density at radius 2 is 2.08 bits per heavy atom. The van der Waals surface area contributed by atoms with E-state index >= 15 is 0 Å². The number of carboxylic acid groups (broad SMARTS) is 1. The summed E-state index contributed by atoms with van der Waals surface area (Å²) >= 11 is 0. The van der Waals surface area contributed by atoms with Crippen LogP contribution >= 0.6 is 0 Å². The van der Waals surface area contributed by atoms with Gasteiger partial charge in [0.15, 0.2) is 0 Å². The Kier molecular flexibility index (Phi) is 6.59. The van der Waals surface area contributed by atoms with Crippen molar-refractivity contribution in [1.29, 1.82) is 0 Å². The van der Waals surface area contributed by atoms with Crippen molar-refractivity contribution in [2.24, 2.45) is 0 Å². The fourth-order valence-electron chi connectivity index (χ4n) is 2.33. The molecule has 2 rings (SSSR count). The van der Waals surface area contributed by atoms with Gasteiger partial charge in [-0.25, -0.2) is 0 Å². The van der Waals surface area contributed by atoms with E-state index < -0.39 is 5.97 Å². The van der Waals surface area contributed by atoms with Crippen molar-refractivity contribution >= 4 is 11.9 Å². The van der Waals surface area contributed by atoms with E-state index in [4.69, 9.17) is 19.0 Å². The molecule has 0 aliphatic rings. The topological polar surface area (TPSA) is 98.0 Å². The van der Waals surface area contributed by atoms with Crippen LogP contribution in [0.4, 0.5) is 0 Å². The first kappa shape index (κ1) is 18.5. The van der Waals surface area contributed by atoms with E-state index in [2.05, 4.69) is 5.32 Å². The molecule has 1 heterocycles. The molecule has 1 amide bonds. The number of benzene rings is 1. The second kappa shape index (κ2) is 8.89. The standard InChI is InChI=1S/C18H21NO6/c1-12-11-25-15(9-16(20)21)17(12)18(22)19-10-13-4-3-5-14(8-13)24-7-6-23-2/h3-5,8,11H,6-7,9-10H2,1-2H3,(H,19,22)(H,20,21). The molecule has 0 spiro atoms. The lowest BCUT2D eigenvalue weighted by Gasteiger charge is -2.09. The number of rotatable bonds is 9. The summed E-state index contributed by atoms with van der Waals surface area (Å²) < 4.78 is 15.6. The number of nitrogens with one attached hydrogen (secondary N) is 1. The number of hydrogen-bond donors (Lipinski definition) is 2. The largest absolute Gasteiger partial charge is 0.491 e. The van der Waals surface area contributed by atoms with Gasteiger partial charge in [0.2, 0.25) is 0 Å². The fourth-order valence-corrected chi connectivity index (χ4v) is 2.33. The Morgan fingerprint density at radius 1 is 1.28 bits per heavy atom. The Balaban J connectivity index is 1.99. The second-order valence-corrected chi connectivity index (χ2v) is 5.46. The van der Waals surface area contributed by atoms with E-state index in [1.807, 2.05) is 24.3 Å². The maximum Gasteiger partial charge on any atom is 0.311 e. The molecule has 2 N–H and O–H groups in total. The van der Waals surface area contributed by atoms with Crippen LogP contribution in [0.3, 0.4) is 0 Å². The molecule has 0 fully saturated rings. The molecule has 2 aromatic rings. The van der Waals surface area contributed by atoms with E-state index in [0.717, 1.165) is 5.56 Å². The van der Waals surface area contributed by atoms with E-state index in [1.165, 1.54) is 6.26 Å². The van der Waals surface area contributed by atoms with E-state index in [1.54, 1.807) is 14.0 Å². The van der Waals surface area contributed by atoms with Crippen LogP contribution < -0.4 is 10.1 Å². The van der Waals surface area contributed by atoms with Crippen LogP contribution in [0.1, 0.15) is 27.2 Å². The molecule has 25 heavy (non-hydrogen) atoms. The molecule has 0 aliphatic carbocycles. The van der Waals surface area contributed by atoms with Crippen LogP contribution in [0.5, 0.6) is 5.75 Å². The molecule has 7 heteroatoms. The number of furan rings is 1. The fraction of sp³-hybridized carbons (Fsp3) is 0.333. The predicted molar refractivity (Wildman–Crippen MR) is 89.8 cm³/mol. The van der Waals surface area contributed by atoms with E-state index in [9.17, 15) is 9.59 Å². The van der Waals surface area contributed by atoms with Crippen LogP contribution in [-0.2, 0) is 22.5 Å². The van der Waals surface area contributed by atoms with Crippen molar-refractivity contribution in [3.8, 4) is 5.75 Å². The van der Waals surface area contributed by atoms with Gasteiger partial charge in [0.05, 0.1) is 18.4 Å². The highest BCUT2D eigenvalue weighted by atomic mass is 16.5. The minimum Gasteiger partial charge on any atom is -0.491 e. The van der Waals surface area contributed by atoms with Gasteiger partial charge < -0.3 is 24.3 Å². The summed E-state index contributed by atoms with van der Waals surface area (Å²) in [4.78, 5) is 23.2. The van der Waals surface area contributed by atoms with Crippen molar-refractivity contribution < 1.29 is 28.6 Å². The number of carbonyl (C=O) groups excluding carboxylic acids is 1. The normalized spacial score (nSPS) is 10.5. The molecular weight excluding hydrogens is 326 g/mol. The highest BCUT2D eigenvalue weighted by Gasteiger charge is 2.20. The number of ether oxygens (including phenoxy) is 2. The Labute approximate surface area is 145 Å². The quantitative estimate of drug-likeness (QED) is 0.675. The highest BCUT2D eigenvalue weighted by Crippen LogP contribution is 2.18. The molecule has 1 aromatic carbocycles. The summed E-state index contributed by atoms with van der Waals surface area (Å²) in [5.41, 5.74) is 1.74. The predicted octanol–water partition coefficient (Wildman–Crippen LogP) is 2.17. The Hall–Kier alpha value is -2.80. The summed E-state index contributed by atoms with van der Waals surface area (Å²) in [6.07, 6.45) is 1.05. The summed E-state index contributed by atoms with van der Waals surface area (Å²) in [7, 11) is 1.60. The van der Waals surface area contributed by atoms with E-state index in [-0.39, 0.29) is 30.2 Å². The van der Waals surface area contributed by atoms with Crippen molar-refractivity contribution in [3.05, 3.63) is 53.0 Å². The number of amides is 1. The van der Waals surface area contributed by atoms with Crippen LogP contribution in [0.25, 0.3) is 0 Å². The second-order valence-electron chi connectivity index (χ2n) is 5.46. The van der Waals surface area contributed by atoms with Crippen LogP contribution in [0.15, 0.2) is 34.9 Å². The molecule has 0 bridgehead atoms. The lowest BCUT2D eigenvalue weighted by Crippen LogP contribution is -2.24. The van der Waals surface area contributed by atoms with Gasteiger partial charge in [0, 0.05) is 19.2 Å². The molecule has 0 unspecified atom stereocenters. The minimum atomic E-state index is -1.05. The number of aliphatic carboxylic acids is 1. The zero-order valence-electron chi connectivity index (χ0n) is 14.2. The Morgan fingerprint density at radius 3 is 2.80 bits per heavy atom. The minimum absolute atomic E-state index is 0.152. The van der Waals surface area contributed by atoms with Crippen molar-refractivity contribution in [2.45, 2.75) is 19.9 Å². The number of aryl methyl sites for hydroxylation is 1. The zero-order chi connectivity index (χ0) is 18.2. The van der Waals surface area contributed by atoms with Crippen LogP contribution in [0.2, 0.25) is 0 Å². The van der Waals surface area contributed by atoms with Crippen LogP contribution in [-0.4, -0.2) is 37.3 Å². The van der Waals surface area contributed by atoms with Gasteiger partial charge in [-0.2, -0.15) is 0 Å². The third kappa shape index (κ3) is 5.36. The van der Waals surface area contributed by atoms with Gasteiger partial charge in [-0.3, -0.25) is 9.59 Å². The first-order valence-electron chi connectivity index (χ1n) is 7.79. The SMILES string of the molecule is COCCOc1cccc(CNC(=O)c2c(C)coc2CC(=O)O)c1. The molecule has 0 aliphatic heterocycles. The lowest BCUT2D eigenvalue weighted by atomic mass is 10.1. The van der Waals surface area contributed by atoms with Gasteiger partial charge in [-0.05, 0) is 24.6 Å². The zero-order valence-corrected chi connectivity index (χ0v) is 14.2. The molecule has 1 aromatic heterocycles. The third-order valence-corrected chi connectivity index (χ3v) is 3.50. The summed E-state index contributed by atoms with van der Waals surface area (Å²) in [6.45, 7) is 2.93. The summed E-state index contributed by atoms with van der Waals surface area (Å²) in [5, 5.41) is 11.7. The van der Waals surface area contributed by atoms with Gasteiger partial charge in [0.25, 0.3) is 5.91 Å². The summed E-state index contributed by atoms with van der Waals surface area (Å²) in [6, 6.07) is 7.36. The Bertz CT molecular complexity index is 737. The molecule has 0 atom stereocenters. The van der Waals surface area contributed by atoms with Crippen molar-refractivity contribution in [3.63, 3.8) is 0 Å². The van der Waals surface area contributed by atoms with Gasteiger partial charge >= 0.3 is 5.97 Å². The first-order valence-corrected chi connectivity index (χ1v) is 7.79. The van der Waals surface area contributed by atoms with Crippen LogP contribution in [0, 0.1) is 6.92 Å². The average molecular weight is 347 g/mol. The molecule has 0 radical (unpaired) electrons. The molecule has 0 saturated carbocycles. The maximum atomic E-state index is 12.4. The number of methoxy groups -OCH3 is 1. The molecule has 134 valence electrons. The van der Waals surface area contributed by atoms with Gasteiger partial charge in [0.1, 0.15) is 24.5 Å². The molecular formula is C18H21NO6. The smallest absolute Gasteiger partial charge is 0.311 e. The summed E-state index contributed by atoms with van der Waals surface area (Å²) in [5.74, 6) is -0.577. The van der Waals surface area contributed by atoms with Crippen molar-refractivity contribution in [1.82, 2.24) is 5.32 Å². The van der Waals surface area contributed by atoms with Gasteiger partial charge in [-0.15, -0.1) is 0 Å². The third-order valence-electron chi connectivity index (χ3n) is 3.50. The average Bonchev–Trinajstić information content (AvgIpc) is 2.93. The highest BCUT2D eigenvalue weighted by molar-refractivity contribution is 5.97. The number of carboxylic acids is 1. The molecule has 7 nitrogen and oxygen atoms in total. The van der Waals surface area contributed by atoms with Gasteiger partial charge in [-0.1, -0.05) is 12.1 Å². The first-order chi connectivity index (χ1) is 12.0. The molecule has 0 saturated heterocycles. The lowest BCUT2D eigenvalue weighted by molar-refractivity contribution is -0.136. The van der Waals surface area contributed by atoms with Crippen molar-refractivity contribution in [2.75, 3.05) is 20.3 Å². The maximum absolute atomic E-state index is 12.4. The number of carbonyl (C=O) groups is 2.